The summed E-state index contributed by atoms with van der Waals surface area (Å²) >= 11 is 6.80. The average Bonchev–Trinajstić information content (AvgIpc) is 3.15. The van der Waals surface area contributed by atoms with E-state index in [1.54, 1.807) is 4.90 Å². The highest BCUT2D eigenvalue weighted by Crippen LogP contribution is 2.44. The first-order valence-corrected chi connectivity index (χ1v) is 9.78. The van der Waals surface area contributed by atoms with E-state index in [4.69, 9.17) is 17.0 Å². The molecule has 2 heterocycles. The molecule has 2 aromatic rings. The maximum Gasteiger partial charge on any atom is 0.271 e. The van der Waals surface area contributed by atoms with Crippen molar-refractivity contribution in [1.82, 2.24) is 4.90 Å². The molecule has 0 aromatic heterocycles. The number of para-hydroxylation sites is 2. The topological polar surface area (TPSA) is 32.8 Å². The van der Waals surface area contributed by atoms with Gasteiger partial charge in [-0.25, -0.2) is 0 Å². The number of anilines is 1. The van der Waals surface area contributed by atoms with Gasteiger partial charge in [0.1, 0.15) is 9.23 Å². The predicted molar refractivity (Wildman–Crippen MR) is 109 cm³/mol. The van der Waals surface area contributed by atoms with Crippen LogP contribution in [0.25, 0.3) is 0 Å². The van der Waals surface area contributed by atoms with Crippen molar-refractivity contribution in [2.45, 2.75) is 19.9 Å². The Morgan fingerprint density at radius 1 is 1.04 bits per heavy atom. The molecule has 6 heteroatoms. The lowest BCUT2D eigenvalue weighted by molar-refractivity contribution is -0.122. The van der Waals surface area contributed by atoms with Crippen molar-refractivity contribution in [2.75, 3.05) is 11.4 Å². The van der Waals surface area contributed by atoms with Gasteiger partial charge in [-0.3, -0.25) is 9.69 Å². The Morgan fingerprint density at radius 3 is 2.54 bits per heavy atom. The molecule has 1 saturated heterocycles. The molecule has 4 nitrogen and oxygen atoms in total. The summed E-state index contributed by atoms with van der Waals surface area (Å²) in [5, 5.41) is 0. The van der Waals surface area contributed by atoms with E-state index >= 15 is 0 Å². The highest BCUT2D eigenvalue weighted by atomic mass is 32.2. The minimum Gasteiger partial charge on any atom is -0.437 e. The van der Waals surface area contributed by atoms with Crippen molar-refractivity contribution in [3.8, 4) is 5.75 Å². The van der Waals surface area contributed by atoms with Gasteiger partial charge in [-0.05, 0) is 35.9 Å². The second kappa shape index (κ2) is 7.13. The third-order valence-corrected chi connectivity index (χ3v) is 5.70. The molecule has 2 aromatic carbocycles. The minimum atomic E-state index is -0.0900. The molecule has 0 spiro atoms. The molecule has 4 rings (SSSR count). The fourth-order valence-corrected chi connectivity index (χ4v) is 4.35. The molecule has 2 aliphatic heterocycles. The van der Waals surface area contributed by atoms with Crippen LogP contribution in [-0.2, 0) is 11.3 Å². The number of thiocarbonyl (C=S) groups is 1. The van der Waals surface area contributed by atoms with Crippen LogP contribution >= 0.6 is 24.0 Å². The van der Waals surface area contributed by atoms with Crippen LogP contribution in [0.5, 0.6) is 5.75 Å². The summed E-state index contributed by atoms with van der Waals surface area (Å²) in [6.07, 6.45) is 0.950. The van der Waals surface area contributed by atoms with E-state index in [1.807, 2.05) is 54.6 Å². The molecular formula is C20H18N2O2S2. The average molecular weight is 383 g/mol. The van der Waals surface area contributed by atoms with Crippen molar-refractivity contribution in [3.05, 3.63) is 70.9 Å². The lowest BCUT2D eigenvalue weighted by Crippen LogP contribution is -2.29. The van der Waals surface area contributed by atoms with Crippen molar-refractivity contribution in [3.63, 3.8) is 0 Å². The minimum absolute atomic E-state index is 0.0900. The lowest BCUT2D eigenvalue weighted by Gasteiger charge is -2.18. The molecule has 1 fully saturated rings. The molecule has 0 radical (unpaired) electrons. The third-order valence-electron chi connectivity index (χ3n) is 4.28. The molecule has 0 atom stereocenters. The lowest BCUT2D eigenvalue weighted by atomic mass is 10.2. The number of carbonyl (C=O) groups is 1. The summed E-state index contributed by atoms with van der Waals surface area (Å²) in [4.78, 5) is 17.3. The van der Waals surface area contributed by atoms with Crippen molar-refractivity contribution in [1.29, 1.82) is 0 Å². The number of benzene rings is 2. The van der Waals surface area contributed by atoms with Crippen LogP contribution in [-0.4, -0.2) is 21.7 Å². The van der Waals surface area contributed by atoms with Crippen LogP contribution in [0.4, 0.5) is 5.69 Å². The van der Waals surface area contributed by atoms with Gasteiger partial charge < -0.3 is 9.64 Å². The summed E-state index contributed by atoms with van der Waals surface area (Å²) in [7, 11) is 0. The zero-order valence-electron chi connectivity index (χ0n) is 14.3. The van der Waals surface area contributed by atoms with Crippen molar-refractivity contribution >= 4 is 39.9 Å². The van der Waals surface area contributed by atoms with E-state index in [9.17, 15) is 4.79 Å². The predicted octanol–water partition coefficient (Wildman–Crippen LogP) is 4.53. The number of hydrogen-bond acceptors (Lipinski definition) is 5. The Bertz CT molecular complexity index is 896. The SMILES string of the molecule is CCCN1C(=C2SC(=S)N(Cc3ccccc3)C2=O)Oc2ccccc21. The molecule has 1 amide bonds. The first-order valence-electron chi connectivity index (χ1n) is 8.55. The number of nitrogens with zero attached hydrogens (tertiary/aromatic N) is 2. The van der Waals surface area contributed by atoms with E-state index in [0.29, 0.717) is 21.7 Å². The molecule has 26 heavy (non-hydrogen) atoms. The first kappa shape index (κ1) is 17.1. The van der Waals surface area contributed by atoms with Gasteiger partial charge in [0.15, 0.2) is 5.75 Å². The molecule has 2 aliphatic rings. The summed E-state index contributed by atoms with van der Waals surface area (Å²) in [6, 6.07) is 17.7. The smallest absolute Gasteiger partial charge is 0.271 e. The maximum atomic E-state index is 13.1. The van der Waals surface area contributed by atoms with E-state index in [2.05, 4.69) is 11.8 Å². The van der Waals surface area contributed by atoms with Crippen LogP contribution in [0.1, 0.15) is 18.9 Å². The number of thioether (sulfide) groups is 1. The summed E-state index contributed by atoms with van der Waals surface area (Å²) < 4.78 is 6.62. The van der Waals surface area contributed by atoms with Gasteiger partial charge >= 0.3 is 0 Å². The third kappa shape index (κ3) is 2.99. The number of amides is 1. The van der Waals surface area contributed by atoms with Gasteiger partial charge in [0.2, 0.25) is 5.88 Å². The summed E-state index contributed by atoms with van der Waals surface area (Å²) in [5.74, 6) is 1.29. The monoisotopic (exact) mass is 382 g/mol. The molecule has 0 bridgehead atoms. The highest BCUT2D eigenvalue weighted by Gasteiger charge is 2.39. The van der Waals surface area contributed by atoms with Crippen LogP contribution in [0.3, 0.4) is 0 Å². The highest BCUT2D eigenvalue weighted by molar-refractivity contribution is 8.26. The Kier molecular flexibility index (Phi) is 4.70. The summed E-state index contributed by atoms with van der Waals surface area (Å²) in [5.41, 5.74) is 2.05. The fraction of sp³-hybridized carbons (Fsp3) is 0.200. The molecule has 0 aliphatic carbocycles. The van der Waals surface area contributed by atoms with Crippen LogP contribution in [0.2, 0.25) is 0 Å². The van der Waals surface area contributed by atoms with E-state index in [1.165, 1.54) is 11.8 Å². The zero-order chi connectivity index (χ0) is 18.1. The number of carbonyl (C=O) groups excluding carboxylic acids is 1. The Morgan fingerprint density at radius 2 is 1.77 bits per heavy atom. The standard InChI is InChI=1S/C20H18N2O2S2/c1-2-12-21-15-10-6-7-11-16(15)24-19(21)17-18(23)22(20(25)26-17)13-14-8-4-3-5-9-14/h3-11H,2,12-13H2,1H3. The zero-order valence-corrected chi connectivity index (χ0v) is 16.0. The first-order chi connectivity index (χ1) is 12.7. The van der Waals surface area contributed by atoms with E-state index in [0.717, 1.165) is 30.0 Å². The molecule has 0 N–H and O–H groups in total. The molecule has 132 valence electrons. The Balaban J connectivity index is 1.67. The van der Waals surface area contributed by atoms with Crippen LogP contribution < -0.4 is 9.64 Å². The number of rotatable bonds is 4. The van der Waals surface area contributed by atoms with Crippen molar-refractivity contribution < 1.29 is 9.53 Å². The Labute approximate surface area is 162 Å². The van der Waals surface area contributed by atoms with Gasteiger partial charge in [0, 0.05) is 6.54 Å². The normalized spacial score (nSPS) is 19.1. The largest absolute Gasteiger partial charge is 0.437 e. The van der Waals surface area contributed by atoms with E-state index < -0.39 is 0 Å². The Hall–Kier alpha value is -2.31. The fourth-order valence-electron chi connectivity index (χ4n) is 3.08. The maximum absolute atomic E-state index is 13.1. The van der Waals surface area contributed by atoms with Gasteiger partial charge in [-0.15, -0.1) is 0 Å². The van der Waals surface area contributed by atoms with Gasteiger partial charge in [0.25, 0.3) is 5.91 Å². The van der Waals surface area contributed by atoms with Crippen molar-refractivity contribution in [2.24, 2.45) is 0 Å². The second-order valence-electron chi connectivity index (χ2n) is 6.10. The number of fused-ring (bicyclic) bond motifs is 1. The van der Waals surface area contributed by atoms with Crippen LogP contribution in [0, 0.1) is 0 Å². The summed E-state index contributed by atoms with van der Waals surface area (Å²) in [6.45, 7) is 3.37. The molecular weight excluding hydrogens is 364 g/mol. The van der Waals surface area contributed by atoms with Gasteiger partial charge in [-0.1, -0.05) is 61.6 Å². The van der Waals surface area contributed by atoms with E-state index in [-0.39, 0.29) is 5.91 Å². The quantitative estimate of drug-likeness (QED) is 0.573. The van der Waals surface area contributed by atoms with Gasteiger partial charge in [-0.2, -0.15) is 0 Å². The number of hydrogen-bond donors (Lipinski definition) is 0. The van der Waals surface area contributed by atoms with Crippen LogP contribution in [0.15, 0.2) is 65.4 Å². The molecule has 0 saturated carbocycles. The molecule has 0 unspecified atom stereocenters. The second-order valence-corrected chi connectivity index (χ2v) is 7.74. The van der Waals surface area contributed by atoms with Gasteiger partial charge in [0.05, 0.1) is 12.2 Å². The number of ether oxygens (including phenoxy) is 1.